The van der Waals surface area contributed by atoms with E-state index in [2.05, 4.69) is 5.32 Å². The van der Waals surface area contributed by atoms with Crippen LogP contribution in [0.25, 0.3) is 0 Å². The highest BCUT2D eigenvalue weighted by molar-refractivity contribution is 7.12. The number of carbonyl (C=O) groups is 1. The highest BCUT2D eigenvalue weighted by atomic mass is 32.1. The van der Waals surface area contributed by atoms with Gasteiger partial charge in [-0.3, -0.25) is 4.79 Å². The molecular formula is C22H23NO3S. The Balaban J connectivity index is 1.83. The summed E-state index contributed by atoms with van der Waals surface area (Å²) in [5.41, 5.74) is 3.44. The van der Waals surface area contributed by atoms with E-state index >= 15 is 0 Å². The lowest BCUT2D eigenvalue weighted by atomic mass is 10.0. The van der Waals surface area contributed by atoms with Crippen molar-refractivity contribution < 1.29 is 14.6 Å². The molecule has 0 aliphatic heterocycles. The molecule has 2 N–H and O–H groups in total. The molecule has 0 spiro atoms. The first-order valence-electron chi connectivity index (χ1n) is 8.82. The Labute approximate surface area is 163 Å². The molecule has 0 bridgehead atoms. The Morgan fingerprint density at radius 1 is 1.11 bits per heavy atom. The molecule has 140 valence electrons. The lowest BCUT2D eigenvalue weighted by Gasteiger charge is -2.16. The zero-order valence-corrected chi connectivity index (χ0v) is 16.7. The van der Waals surface area contributed by atoms with E-state index in [9.17, 15) is 9.90 Å². The predicted octanol–water partition coefficient (Wildman–Crippen LogP) is 6.24. The van der Waals surface area contributed by atoms with Crippen molar-refractivity contribution in [2.45, 2.75) is 33.6 Å². The fourth-order valence-corrected chi connectivity index (χ4v) is 3.58. The van der Waals surface area contributed by atoms with Crippen molar-refractivity contribution >= 4 is 22.9 Å². The highest BCUT2D eigenvalue weighted by Gasteiger charge is 2.13. The van der Waals surface area contributed by atoms with Gasteiger partial charge in [-0.15, -0.1) is 11.3 Å². The lowest BCUT2D eigenvalue weighted by molar-refractivity contribution is 0.103. The van der Waals surface area contributed by atoms with Crippen LogP contribution in [0.15, 0.2) is 47.8 Å². The fraction of sp³-hybridized carbons (Fsp3) is 0.227. The average molecular weight is 381 g/mol. The summed E-state index contributed by atoms with van der Waals surface area (Å²) >= 11 is 1.41. The molecule has 0 fully saturated rings. The first-order valence-corrected chi connectivity index (χ1v) is 9.70. The third kappa shape index (κ3) is 4.31. The second-order valence-electron chi connectivity index (χ2n) is 6.85. The largest absolute Gasteiger partial charge is 0.508 e. The summed E-state index contributed by atoms with van der Waals surface area (Å²) in [6.07, 6.45) is 0. The normalized spacial score (nSPS) is 10.9. The molecule has 2 aromatic carbocycles. The van der Waals surface area contributed by atoms with Gasteiger partial charge in [-0.1, -0.05) is 19.9 Å². The van der Waals surface area contributed by atoms with Gasteiger partial charge in [0.15, 0.2) is 0 Å². The number of thiophene rings is 1. The van der Waals surface area contributed by atoms with E-state index in [1.165, 1.54) is 11.3 Å². The third-order valence-corrected chi connectivity index (χ3v) is 5.17. The summed E-state index contributed by atoms with van der Waals surface area (Å²) in [4.78, 5) is 12.9. The van der Waals surface area contributed by atoms with Crippen molar-refractivity contribution in [1.29, 1.82) is 0 Å². The minimum absolute atomic E-state index is 0.113. The van der Waals surface area contributed by atoms with Gasteiger partial charge < -0.3 is 15.2 Å². The molecule has 0 aliphatic carbocycles. The monoisotopic (exact) mass is 381 g/mol. The number of ether oxygens (including phenoxy) is 1. The Bertz CT molecular complexity index is 939. The van der Waals surface area contributed by atoms with Crippen LogP contribution in [0.2, 0.25) is 0 Å². The van der Waals surface area contributed by atoms with Crippen LogP contribution in [0.3, 0.4) is 0 Å². The molecule has 1 amide bonds. The van der Waals surface area contributed by atoms with Gasteiger partial charge in [-0.25, -0.2) is 0 Å². The molecule has 0 aliphatic rings. The topological polar surface area (TPSA) is 58.6 Å². The molecule has 27 heavy (non-hydrogen) atoms. The number of hydrogen-bond donors (Lipinski definition) is 2. The van der Waals surface area contributed by atoms with Crippen molar-refractivity contribution in [2.24, 2.45) is 0 Å². The number of phenolic OH excluding ortho intramolecular Hbond substituents is 1. The van der Waals surface area contributed by atoms with Gasteiger partial charge in [0.2, 0.25) is 0 Å². The second-order valence-corrected chi connectivity index (χ2v) is 7.80. The van der Waals surface area contributed by atoms with Gasteiger partial charge in [0.1, 0.15) is 17.2 Å². The summed E-state index contributed by atoms with van der Waals surface area (Å²) in [7, 11) is 0. The Morgan fingerprint density at radius 2 is 1.81 bits per heavy atom. The van der Waals surface area contributed by atoms with Crippen LogP contribution in [-0.4, -0.2) is 11.0 Å². The van der Waals surface area contributed by atoms with E-state index in [1.54, 1.807) is 18.2 Å². The van der Waals surface area contributed by atoms with Crippen LogP contribution >= 0.6 is 11.3 Å². The van der Waals surface area contributed by atoms with Crippen molar-refractivity contribution in [2.75, 3.05) is 5.32 Å². The summed E-state index contributed by atoms with van der Waals surface area (Å²) in [6, 6.07) is 12.7. The Morgan fingerprint density at radius 3 is 2.41 bits per heavy atom. The van der Waals surface area contributed by atoms with Gasteiger partial charge in [0, 0.05) is 11.3 Å². The molecule has 1 aromatic heterocycles. The SMILES string of the molecule is Cc1cc(NC(=O)c2cccs2)cc(C)c1Oc1ccc(O)c(C(C)C)c1. The first kappa shape index (κ1) is 19.0. The number of benzene rings is 2. The average Bonchev–Trinajstić information content (AvgIpc) is 3.14. The van der Waals surface area contributed by atoms with Crippen LogP contribution in [0.4, 0.5) is 5.69 Å². The van der Waals surface area contributed by atoms with Gasteiger partial charge >= 0.3 is 0 Å². The second kappa shape index (κ2) is 7.84. The van der Waals surface area contributed by atoms with Gasteiger partial charge in [0.05, 0.1) is 4.88 Å². The zero-order chi connectivity index (χ0) is 19.6. The number of anilines is 1. The number of hydrogen-bond acceptors (Lipinski definition) is 4. The highest BCUT2D eigenvalue weighted by Crippen LogP contribution is 2.35. The molecule has 0 saturated heterocycles. The lowest BCUT2D eigenvalue weighted by Crippen LogP contribution is -2.10. The van der Waals surface area contributed by atoms with Gasteiger partial charge in [-0.05, 0) is 72.7 Å². The summed E-state index contributed by atoms with van der Waals surface area (Å²) in [5, 5.41) is 14.8. The van der Waals surface area contributed by atoms with Crippen molar-refractivity contribution in [3.8, 4) is 17.2 Å². The third-order valence-electron chi connectivity index (χ3n) is 4.30. The Kier molecular flexibility index (Phi) is 5.51. The minimum atomic E-state index is -0.113. The zero-order valence-electron chi connectivity index (χ0n) is 15.9. The quantitative estimate of drug-likeness (QED) is 0.550. The minimum Gasteiger partial charge on any atom is -0.508 e. The summed E-state index contributed by atoms with van der Waals surface area (Å²) in [5.74, 6) is 1.79. The van der Waals surface area contributed by atoms with Crippen molar-refractivity contribution in [3.05, 3.63) is 69.4 Å². The van der Waals surface area contributed by atoms with E-state index in [0.29, 0.717) is 10.6 Å². The molecule has 4 nitrogen and oxygen atoms in total. The number of rotatable bonds is 5. The maximum atomic E-state index is 12.3. The maximum Gasteiger partial charge on any atom is 0.265 e. The van der Waals surface area contributed by atoms with E-state index in [1.807, 2.05) is 57.3 Å². The van der Waals surface area contributed by atoms with E-state index in [0.717, 1.165) is 28.1 Å². The van der Waals surface area contributed by atoms with Crippen LogP contribution in [0.1, 0.15) is 46.1 Å². The van der Waals surface area contributed by atoms with Crippen LogP contribution in [-0.2, 0) is 0 Å². The summed E-state index contributed by atoms with van der Waals surface area (Å²) < 4.78 is 6.10. The summed E-state index contributed by atoms with van der Waals surface area (Å²) in [6.45, 7) is 7.96. The number of aromatic hydroxyl groups is 1. The van der Waals surface area contributed by atoms with Gasteiger partial charge in [0.25, 0.3) is 5.91 Å². The fourth-order valence-electron chi connectivity index (χ4n) is 2.96. The van der Waals surface area contributed by atoms with E-state index in [-0.39, 0.29) is 17.6 Å². The molecule has 3 aromatic rings. The standard InChI is InChI=1S/C22H23NO3S/c1-13(2)18-12-17(7-8-19(18)24)26-21-14(3)10-16(11-15(21)4)23-22(25)20-6-5-9-27-20/h5-13,24H,1-4H3,(H,23,25). The molecule has 0 radical (unpaired) electrons. The maximum absolute atomic E-state index is 12.3. The van der Waals surface area contributed by atoms with Crippen LogP contribution < -0.4 is 10.1 Å². The number of amides is 1. The number of phenols is 1. The molecule has 3 rings (SSSR count). The van der Waals surface area contributed by atoms with Gasteiger partial charge in [-0.2, -0.15) is 0 Å². The predicted molar refractivity (Wildman–Crippen MR) is 110 cm³/mol. The van der Waals surface area contributed by atoms with Crippen LogP contribution in [0, 0.1) is 13.8 Å². The molecule has 1 heterocycles. The van der Waals surface area contributed by atoms with E-state index in [4.69, 9.17) is 4.74 Å². The molecule has 5 heteroatoms. The smallest absolute Gasteiger partial charge is 0.265 e. The first-order chi connectivity index (χ1) is 12.8. The molecule has 0 saturated carbocycles. The molecule has 0 atom stereocenters. The van der Waals surface area contributed by atoms with Crippen LogP contribution in [0.5, 0.6) is 17.2 Å². The molecule has 0 unspecified atom stereocenters. The van der Waals surface area contributed by atoms with Crippen molar-refractivity contribution in [3.63, 3.8) is 0 Å². The van der Waals surface area contributed by atoms with E-state index < -0.39 is 0 Å². The molecular weight excluding hydrogens is 358 g/mol. The number of nitrogens with one attached hydrogen (secondary N) is 1. The number of carbonyl (C=O) groups excluding carboxylic acids is 1. The Hall–Kier alpha value is -2.79. The van der Waals surface area contributed by atoms with Crippen molar-refractivity contribution in [1.82, 2.24) is 0 Å². The number of aryl methyl sites for hydroxylation is 2.